The Morgan fingerprint density at radius 3 is 2.21 bits per heavy atom. The fourth-order valence-corrected chi connectivity index (χ4v) is 4.90. The highest BCUT2D eigenvalue weighted by atomic mass is 32.2. The van der Waals surface area contributed by atoms with Crippen LogP contribution in [-0.4, -0.2) is 28.5 Å². The molecule has 0 aromatic heterocycles. The summed E-state index contributed by atoms with van der Waals surface area (Å²) in [5.74, 6) is 0.844. The SMILES string of the molecule is COc1ccc(OC)c(C(C)NC(=O)c2ccc(C)c(S(=O)(=O)Nc3ccc(C)c(C)c3)c2)c1. The molecule has 1 amide bonds. The molecule has 0 radical (unpaired) electrons. The summed E-state index contributed by atoms with van der Waals surface area (Å²) in [5.41, 5.74) is 4.03. The van der Waals surface area contributed by atoms with Crippen LogP contribution in [0.5, 0.6) is 11.5 Å². The van der Waals surface area contributed by atoms with Crippen LogP contribution in [0.3, 0.4) is 0 Å². The van der Waals surface area contributed by atoms with E-state index in [9.17, 15) is 13.2 Å². The van der Waals surface area contributed by atoms with Crippen LogP contribution in [0.1, 0.15) is 45.6 Å². The molecule has 0 aliphatic heterocycles. The van der Waals surface area contributed by atoms with E-state index < -0.39 is 22.0 Å². The average molecular weight is 483 g/mol. The summed E-state index contributed by atoms with van der Waals surface area (Å²) in [5, 5.41) is 2.91. The number of carbonyl (C=O) groups excluding carboxylic acids is 1. The van der Waals surface area contributed by atoms with Crippen LogP contribution in [0.4, 0.5) is 5.69 Å². The van der Waals surface area contributed by atoms with Gasteiger partial charge in [0, 0.05) is 16.8 Å². The Bertz CT molecular complexity index is 1320. The summed E-state index contributed by atoms with van der Waals surface area (Å²) in [6.07, 6.45) is 0. The molecule has 8 heteroatoms. The quantitative estimate of drug-likeness (QED) is 0.475. The molecule has 0 aliphatic carbocycles. The maximum Gasteiger partial charge on any atom is 0.262 e. The fourth-order valence-electron chi connectivity index (χ4n) is 3.58. The van der Waals surface area contributed by atoms with Crippen molar-refractivity contribution in [1.29, 1.82) is 0 Å². The van der Waals surface area contributed by atoms with Crippen LogP contribution in [0.15, 0.2) is 59.5 Å². The maximum absolute atomic E-state index is 13.1. The van der Waals surface area contributed by atoms with Crippen molar-refractivity contribution in [2.24, 2.45) is 0 Å². The molecule has 0 fully saturated rings. The van der Waals surface area contributed by atoms with Gasteiger partial charge in [-0.3, -0.25) is 9.52 Å². The van der Waals surface area contributed by atoms with Gasteiger partial charge < -0.3 is 14.8 Å². The highest BCUT2D eigenvalue weighted by Gasteiger charge is 2.21. The van der Waals surface area contributed by atoms with Crippen molar-refractivity contribution in [2.45, 2.75) is 38.6 Å². The molecule has 0 saturated carbocycles. The van der Waals surface area contributed by atoms with E-state index >= 15 is 0 Å². The molecule has 34 heavy (non-hydrogen) atoms. The lowest BCUT2D eigenvalue weighted by Gasteiger charge is -2.19. The highest BCUT2D eigenvalue weighted by molar-refractivity contribution is 7.92. The topological polar surface area (TPSA) is 93.7 Å². The fraction of sp³-hybridized carbons (Fsp3) is 0.269. The van der Waals surface area contributed by atoms with Crippen LogP contribution in [0.2, 0.25) is 0 Å². The van der Waals surface area contributed by atoms with Crippen molar-refractivity contribution in [2.75, 3.05) is 18.9 Å². The van der Waals surface area contributed by atoms with E-state index in [1.54, 1.807) is 63.6 Å². The Labute approximate surface area is 201 Å². The van der Waals surface area contributed by atoms with Gasteiger partial charge in [0.1, 0.15) is 11.5 Å². The lowest BCUT2D eigenvalue weighted by Crippen LogP contribution is -2.27. The van der Waals surface area contributed by atoms with E-state index in [4.69, 9.17) is 9.47 Å². The standard InChI is InChI=1S/C26H30N2O5S/c1-16-8-10-21(13-18(16)3)28-34(30,31)25-14-20(9-7-17(25)2)26(29)27-19(4)23-15-22(32-5)11-12-24(23)33-6/h7-15,19,28H,1-6H3,(H,27,29). The van der Waals surface area contributed by atoms with Crippen LogP contribution in [-0.2, 0) is 10.0 Å². The first-order valence-electron chi connectivity index (χ1n) is 10.8. The molecule has 3 aromatic rings. The molecule has 7 nitrogen and oxygen atoms in total. The molecule has 1 unspecified atom stereocenters. The summed E-state index contributed by atoms with van der Waals surface area (Å²) in [6.45, 7) is 7.40. The Balaban J connectivity index is 1.86. The molecule has 180 valence electrons. The largest absolute Gasteiger partial charge is 0.497 e. The normalized spacial score (nSPS) is 12.1. The summed E-state index contributed by atoms with van der Waals surface area (Å²) in [6, 6.07) is 14.9. The van der Waals surface area contributed by atoms with E-state index in [0.717, 1.165) is 16.7 Å². The molecule has 2 N–H and O–H groups in total. The smallest absolute Gasteiger partial charge is 0.262 e. The number of ether oxygens (including phenoxy) is 2. The van der Waals surface area contributed by atoms with Crippen molar-refractivity contribution < 1.29 is 22.7 Å². The van der Waals surface area contributed by atoms with E-state index in [1.165, 1.54) is 6.07 Å². The first kappa shape index (κ1) is 25.1. The second-order valence-electron chi connectivity index (χ2n) is 8.19. The molecule has 0 aliphatic rings. The number of aryl methyl sites for hydroxylation is 3. The van der Waals surface area contributed by atoms with Gasteiger partial charge in [0.05, 0.1) is 25.2 Å². The minimum absolute atomic E-state index is 0.0463. The van der Waals surface area contributed by atoms with Crippen LogP contribution < -0.4 is 19.5 Å². The first-order chi connectivity index (χ1) is 16.1. The summed E-state index contributed by atoms with van der Waals surface area (Å²) in [7, 11) is -0.777. The molecule has 1 atom stereocenters. The predicted octanol–water partition coefficient (Wildman–Crippen LogP) is 4.92. The summed E-state index contributed by atoms with van der Waals surface area (Å²) >= 11 is 0. The second kappa shape index (κ2) is 10.2. The minimum atomic E-state index is -3.90. The van der Waals surface area contributed by atoms with Gasteiger partial charge in [-0.1, -0.05) is 12.1 Å². The van der Waals surface area contributed by atoms with Crippen molar-refractivity contribution in [3.63, 3.8) is 0 Å². The number of anilines is 1. The lowest BCUT2D eigenvalue weighted by molar-refractivity contribution is 0.0939. The average Bonchev–Trinajstić information content (AvgIpc) is 2.80. The monoisotopic (exact) mass is 482 g/mol. The Kier molecular flexibility index (Phi) is 7.51. The zero-order valence-corrected chi connectivity index (χ0v) is 21.0. The predicted molar refractivity (Wildman–Crippen MR) is 133 cm³/mol. The number of hydrogen-bond donors (Lipinski definition) is 2. The van der Waals surface area contributed by atoms with Gasteiger partial charge in [-0.2, -0.15) is 0 Å². The van der Waals surface area contributed by atoms with E-state index in [1.807, 2.05) is 26.8 Å². The van der Waals surface area contributed by atoms with E-state index in [-0.39, 0.29) is 10.5 Å². The van der Waals surface area contributed by atoms with Gasteiger partial charge in [0.25, 0.3) is 15.9 Å². The third-order valence-electron chi connectivity index (χ3n) is 5.75. The molecular weight excluding hydrogens is 452 g/mol. The molecule has 3 rings (SSSR count). The molecule has 0 saturated heterocycles. The Morgan fingerprint density at radius 1 is 0.853 bits per heavy atom. The van der Waals surface area contributed by atoms with Crippen LogP contribution in [0.25, 0.3) is 0 Å². The van der Waals surface area contributed by atoms with Crippen LogP contribution >= 0.6 is 0 Å². The summed E-state index contributed by atoms with van der Waals surface area (Å²) < 4.78 is 39.5. The van der Waals surface area contributed by atoms with Gasteiger partial charge in [0.2, 0.25) is 0 Å². The first-order valence-corrected chi connectivity index (χ1v) is 12.3. The third kappa shape index (κ3) is 5.51. The number of methoxy groups -OCH3 is 2. The van der Waals surface area contributed by atoms with Gasteiger partial charge in [-0.25, -0.2) is 8.42 Å². The van der Waals surface area contributed by atoms with E-state index in [0.29, 0.717) is 22.7 Å². The number of sulfonamides is 1. The zero-order valence-electron chi connectivity index (χ0n) is 20.2. The lowest BCUT2D eigenvalue weighted by atomic mass is 10.1. The molecule has 0 spiro atoms. The summed E-state index contributed by atoms with van der Waals surface area (Å²) in [4.78, 5) is 13.1. The maximum atomic E-state index is 13.1. The third-order valence-corrected chi connectivity index (χ3v) is 7.27. The Hall–Kier alpha value is -3.52. The zero-order chi connectivity index (χ0) is 25.0. The van der Waals surface area contributed by atoms with Gasteiger partial charge in [-0.05, 0) is 86.8 Å². The molecular formula is C26H30N2O5S. The second-order valence-corrected chi connectivity index (χ2v) is 9.84. The van der Waals surface area contributed by atoms with E-state index in [2.05, 4.69) is 10.0 Å². The van der Waals surface area contributed by atoms with Crippen molar-refractivity contribution >= 4 is 21.6 Å². The van der Waals surface area contributed by atoms with Crippen LogP contribution in [0, 0.1) is 20.8 Å². The van der Waals surface area contributed by atoms with Crippen molar-refractivity contribution in [3.8, 4) is 11.5 Å². The molecule has 0 heterocycles. The number of rotatable bonds is 8. The van der Waals surface area contributed by atoms with Gasteiger partial charge >= 0.3 is 0 Å². The number of amides is 1. The Morgan fingerprint density at radius 2 is 1.56 bits per heavy atom. The van der Waals surface area contributed by atoms with Gasteiger partial charge in [0.15, 0.2) is 0 Å². The van der Waals surface area contributed by atoms with Gasteiger partial charge in [-0.15, -0.1) is 0 Å². The van der Waals surface area contributed by atoms with Crippen molar-refractivity contribution in [3.05, 3.63) is 82.4 Å². The number of carbonyl (C=O) groups is 1. The minimum Gasteiger partial charge on any atom is -0.497 e. The number of benzene rings is 3. The highest BCUT2D eigenvalue weighted by Crippen LogP contribution is 2.30. The number of nitrogens with one attached hydrogen (secondary N) is 2. The van der Waals surface area contributed by atoms with Crippen molar-refractivity contribution in [1.82, 2.24) is 5.32 Å². The molecule has 3 aromatic carbocycles. The number of hydrogen-bond acceptors (Lipinski definition) is 5. The molecule has 0 bridgehead atoms.